The van der Waals surface area contributed by atoms with E-state index in [0.29, 0.717) is 17.6 Å². The van der Waals surface area contributed by atoms with E-state index in [2.05, 4.69) is 0 Å². The Labute approximate surface area is 140 Å². The Bertz CT molecular complexity index is 953. The third-order valence-electron chi connectivity index (χ3n) is 4.14. The van der Waals surface area contributed by atoms with Crippen LogP contribution in [0.3, 0.4) is 0 Å². The van der Waals surface area contributed by atoms with Crippen molar-refractivity contribution in [2.75, 3.05) is 11.4 Å². The van der Waals surface area contributed by atoms with Crippen LogP contribution >= 0.6 is 0 Å². The van der Waals surface area contributed by atoms with E-state index in [-0.39, 0.29) is 12.5 Å². The third kappa shape index (κ3) is 2.85. The molecule has 24 heavy (non-hydrogen) atoms. The summed E-state index contributed by atoms with van der Waals surface area (Å²) < 4.78 is 6.58. The Hall–Kier alpha value is -2.82. The van der Waals surface area contributed by atoms with Gasteiger partial charge in [0.05, 0.1) is 5.52 Å². The largest absolute Gasteiger partial charge is 0.420 e. The lowest BCUT2D eigenvalue weighted by molar-refractivity contribution is -0.119. The molecule has 0 atom stereocenters. The van der Waals surface area contributed by atoms with Gasteiger partial charge in [0.1, 0.15) is 6.54 Å². The molecule has 2 aromatic carbocycles. The van der Waals surface area contributed by atoms with Gasteiger partial charge in [0.25, 0.3) is 0 Å². The number of amides is 1. The zero-order valence-electron chi connectivity index (χ0n) is 14.1. The van der Waals surface area contributed by atoms with Gasteiger partial charge < -0.3 is 9.32 Å². The number of hydrogen-bond acceptors (Lipinski definition) is 3. The minimum Gasteiger partial charge on any atom is -0.408 e. The molecule has 0 fully saturated rings. The fraction of sp³-hybridized carbons (Fsp3) is 0.263. The van der Waals surface area contributed by atoms with E-state index in [0.717, 1.165) is 16.8 Å². The van der Waals surface area contributed by atoms with Crippen molar-refractivity contribution in [1.29, 1.82) is 0 Å². The maximum absolute atomic E-state index is 12.8. The molecule has 0 spiro atoms. The predicted molar refractivity (Wildman–Crippen MR) is 94.4 cm³/mol. The Kier molecular flexibility index (Phi) is 4.25. The average molecular weight is 324 g/mol. The molecule has 5 nitrogen and oxygen atoms in total. The van der Waals surface area contributed by atoms with Gasteiger partial charge in [-0.1, -0.05) is 24.3 Å². The minimum atomic E-state index is -0.512. The van der Waals surface area contributed by atoms with Gasteiger partial charge in [0.15, 0.2) is 5.58 Å². The molecule has 0 N–H and O–H groups in total. The maximum Gasteiger partial charge on any atom is 0.420 e. The van der Waals surface area contributed by atoms with Crippen molar-refractivity contribution in [3.05, 3.63) is 64.1 Å². The Balaban J connectivity index is 1.96. The first-order valence-electron chi connectivity index (χ1n) is 7.97. The number of hydrogen-bond donors (Lipinski definition) is 0. The number of likely N-dealkylation sites (N-methyl/N-ethyl adjacent to an activating group) is 1. The summed E-state index contributed by atoms with van der Waals surface area (Å²) in [7, 11) is 0. The normalized spacial score (nSPS) is 11.0. The molecule has 5 heteroatoms. The van der Waals surface area contributed by atoms with Crippen LogP contribution in [0.25, 0.3) is 11.1 Å². The van der Waals surface area contributed by atoms with Crippen LogP contribution in [0.2, 0.25) is 0 Å². The lowest BCUT2D eigenvalue weighted by atomic mass is 10.1. The molecule has 0 saturated carbocycles. The monoisotopic (exact) mass is 324 g/mol. The van der Waals surface area contributed by atoms with Gasteiger partial charge in [-0.3, -0.25) is 9.36 Å². The van der Waals surface area contributed by atoms with Crippen LogP contribution in [-0.2, 0) is 11.3 Å². The molecule has 3 rings (SSSR count). The molecule has 0 saturated heterocycles. The topological polar surface area (TPSA) is 55.5 Å². The van der Waals surface area contributed by atoms with Gasteiger partial charge in [0.2, 0.25) is 5.91 Å². The molecule has 124 valence electrons. The summed E-state index contributed by atoms with van der Waals surface area (Å²) in [6, 6.07) is 13.1. The number of aryl methyl sites for hydroxylation is 2. The second-order valence-corrected chi connectivity index (χ2v) is 5.85. The van der Waals surface area contributed by atoms with E-state index in [4.69, 9.17) is 4.42 Å². The van der Waals surface area contributed by atoms with Crippen LogP contribution < -0.4 is 10.7 Å². The van der Waals surface area contributed by atoms with E-state index in [1.54, 1.807) is 23.1 Å². The number of benzene rings is 2. The number of anilines is 1. The molecule has 0 aliphatic rings. The molecular formula is C19H20N2O3. The molecule has 3 aromatic rings. The fourth-order valence-corrected chi connectivity index (χ4v) is 2.88. The van der Waals surface area contributed by atoms with Crippen molar-refractivity contribution < 1.29 is 9.21 Å². The Morgan fingerprint density at radius 1 is 1.17 bits per heavy atom. The summed E-state index contributed by atoms with van der Waals surface area (Å²) in [5.41, 5.74) is 4.12. The molecular weight excluding hydrogens is 304 g/mol. The second kappa shape index (κ2) is 6.35. The van der Waals surface area contributed by atoms with Crippen molar-refractivity contribution in [1.82, 2.24) is 4.57 Å². The molecule has 1 heterocycles. The lowest BCUT2D eigenvalue weighted by Crippen LogP contribution is -2.36. The van der Waals surface area contributed by atoms with Crippen molar-refractivity contribution in [3.63, 3.8) is 0 Å². The van der Waals surface area contributed by atoms with E-state index in [1.165, 1.54) is 4.57 Å². The summed E-state index contributed by atoms with van der Waals surface area (Å²) >= 11 is 0. The first-order chi connectivity index (χ1) is 11.5. The van der Waals surface area contributed by atoms with Crippen LogP contribution in [0, 0.1) is 13.8 Å². The zero-order chi connectivity index (χ0) is 17.3. The zero-order valence-corrected chi connectivity index (χ0v) is 14.1. The highest BCUT2D eigenvalue weighted by Crippen LogP contribution is 2.22. The highest BCUT2D eigenvalue weighted by molar-refractivity contribution is 5.94. The van der Waals surface area contributed by atoms with Crippen molar-refractivity contribution in [2.24, 2.45) is 0 Å². The summed E-state index contributed by atoms with van der Waals surface area (Å²) in [5.74, 6) is -0.651. The van der Waals surface area contributed by atoms with E-state index in [1.807, 2.05) is 45.0 Å². The van der Waals surface area contributed by atoms with Crippen LogP contribution in [0.15, 0.2) is 51.7 Å². The first-order valence-corrected chi connectivity index (χ1v) is 7.97. The van der Waals surface area contributed by atoms with Gasteiger partial charge in [-0.2, -0.15) is 0 Å². The molecule has 0 aliphatic heterocycles. The van der Waals surface area contributed by atoms with Crippen LogP contribution in [0.5, 0.6) is 0 Å². The lowest BCUT2D eigenvalue weighted by Gasteiger charge is -2.23. The summed E-state index contributed by atoms with van der Waals surface area (Å²) in [5, 5.41) is 0. The second-order valence-electron chi connectivity index (χ2n) is 5.85. The first kappa shape index (κ1) is 16.1. The standard InChI is InChI=1S/C19H20N2O3/c1-4-20(16-11-13(2)9-10-14(16)3)18(22)12-21-15-7-5-6-8-17(15)24-19(21)23/h5-11H,4,12H2,1-3H3. The molecule has 0 unspecified atom stereocenters. The Morgan fingerprint density at radius 3 is 2.67 bits per heavy atom. The number of para-hydroxylation sites is 2. The number of nitrogens with zero attached hydrogens (tertiary/aromatic N) is 2. The highest BCUT2D eigenvalue weighted by Gasteiger charge is 2.19. The molecule has 1 aromatic heterocycles. The molecule has 0 radical (unpaired) electrons. The summed E-state index contributed by atoms with van der Waals surface area (Å²) in [4.78, 5) is 26.6. The van der Waals surface area contributed by atoms with Gasteiger partial charge in [-0.05, 0) is 50.1 Å². The summed E-state index contributed by atoms with van der Waals surface area (Å²) in [6.07, 6.45) is 0. The van der Waals surface area contributed by atoms with Crippen molar-refractivity contribution in [2.45, 2.75) is 27.3 Å². The minimum absolute atomic E-state index is 0.0446. The van der Waals surface area contributed by atoms with Crippen molar-refractivity contribution >= 4 is 22.7 Å². The third-order valence-corrected chi connectivity index (χ3v) is 4.14. The summed E-state index contributed by atoms with van der Waals surface area (Å²) in [6.45, 7) is 6.39. The number of oxazole rings is 1. The van der Waals surface area contributed by atoms with E-state index in [9.17, 15) is 9.59 Å². The average Bonchev–Trinajstić information content (AvgIpc) is 2.87. The van der Waals surface area contributed by atoms with Gasteiger partial charge >= 0.3 is 5.76 Å². The maximum atomic E-state index is 12.8. The molecule has 0 aliphatic carbocycles. The van der Waals surface area contributed by atoms with E-state index >= 15 is 0 Å². The highest BCUT2D eigenvalue weighted by atomic mass is 16.4. The number of rotatable bonds is 4. The van der Waals surface area contributed by atoms with Gasteiger partial charge in [0, 0.05) is 12.2 Å². The smallest absolute Gasteiger partial charge is 0.408 e. The van der Waals surface area contributed by atoms with Gasteiger partial charge in [-0.25, -0.2) is 4.79 Å². The van der Waals surface area contributed by atoms with Gasteiger partial charge in [-0.15, -0.1) is 0 Å². The number of aromatic nitrogens is 1. The molecule has 1 amide bonds. The Morgan fingerprint density at radius 2 is 1.92 bits per heavy atom. The van der Waals surface area contributed by atoms with E-state index < -0.39 is 5.76 Å². The number of carbonyl (C=O) groups is 1. The predicted octanol–water partition coefficient (Wildman–Crippen LogP) is 3.26. The fourth-order valence-electron chi connectivity index (χ4n) is 2.88. The van der Waals surface area contributed by atoms with Crippen LogP contribution in [0.1, 0.15) is 18.1 Å². The van der Waals surface area contributed by atoms with Crippen LogP contribution in [0.4, 0.5) is 5.69 Å². The number of carbonyl (C=O) groups excluding carboxylic acids is 1. The molecule has 0 bridgehead atoms. The van der Waals surface area contributed by atoms with Crippen LogP contribution in [-0.4, -0.2) is 17.0 Å². The van der Waals surface area contributed by atoms with Crippen molar-refractivity contribution in [3.8, 4) is 0 Å². The quantitative estimate of drug-likeness (QED) is 0.740. The number of fused-ring (bicyclic) bond motifs is 1. The SMILES string of the molecule is CCN(C(=O)Cn1c(=O)oc2ccccc21)c1cc(C)ccc1C.